The SMILES string of the molecule is CCc1ccc(C(=O)C=Cc2ccc(C(C)(C)C)cc2)cc1. The van der Waals surface area contributed by atoms with Crippen LogP contribution in [0.4, 0.5) is 0 Å². The molecule has 0 heterocycles. The van der Waals surface area contributed by atoms with Crippen LogP contribution in [0.25, 0.3) is 6.08 Å². The molecule has 0 spiro atoms. The minimum atomic E-state index is 0.0440. The maximum Gasteiger partial charge on any atom is 0.185 e. The Kier molecular flexibility index (Phi) is 4.97. The van der Waals surface area contributed by atoms with Gasteiger partial charge >= 0.3 is 0 Å². The molecular weight excluding hydrogens is 268 g/mol. The Morgan fingerprint density at radius 2 is 1.55 bits per heavy atom. The molecule has 0 N–H and O–H groups in total. The number of benzene rings is 2. The van der Waals surface area contributed by atoms with E-state index in [2.05, 4.69) is 52.0 Å². The predicted octanol–water partition coefficient (Wildman–Crippen LogP) is 5.44. The van der Waals surface area contributed by atoms with Gasteiger partial charge in [0.15, 0.2) is 5.78 Å². The first-order valence-electron chi connectivity index (χ1n) is 7.82. The lowest BCUT2D eigenvalue weighted by Gasteiger charge is -2.18. The highest BCUT2D eigenvalue weighted by Gasteiger charge is 2.12. The van der Waals surface area contributed by atoms with Crippen LogP contribution < -0.4 is 0 Å². The molecule has 2 rings (SSSR count). The fourth-order valence-electron chi connectivity index (χ4n) is 2.27. The van der Waals surface area contributed by atoms with E-state index >= 15 is 0 Å². The van der Waals surface area contributed by atoms with Crippen molar-refractivity contribution in [2.24, 2.45) is 0 Å². The third-order valence-electron chi connectivity index (χ3n) is 3.85. The van der Waals surface area contributed by atoms with Crippen LogP contribution in [0.5, 0.6) is 0 Å². The lowest BCUT2D eigenvalue weighted by molar-refractivity contribution is 0.104. The number of carbonyl (C=O) groups is 1. The third kappa shape index (κ3) is 4.17. The Morgan fingerprint density at radius 1 is 0.955 bits per heavy atom. The molecule has 0 radical (unpaired) electrons. The van der Waals surface area contributed by atoms with E-state index in [0.29, 0.717) is 0 Å². The molecule has 0 saturated carbocycles. The van der Waals surface area contributed by atoms with Gasteiger partial charge in [-0.15, -0.1) is 0 Å². The first-order chi connectivity index (χ1) is 10.4. The Morgan fingerprint density at radius 3 is 2.05 bits per heavy atom. The molecule has 0 aliphatic carbocycles. The van der Waals surface area contributed by atoms with Gasteiger partial charge < -0.3 is 0 Å². The highest BCUT2D eigenvalue weighted by molar-refractivity contribution is 6.06. The lowest BCUT2D eigenvalue weighted by Crippen LogP contribution is -2.10. The Balaban J connectivity index is 2.08. The fraction of sp³-hybridized carbons (Fsp3) is 0.286. The molecule has 114 valence electrons. The quantitative estimate of drug-likeness (QED) is 0.541. The average Bonchev–Trinajstić information content (AvgIpc) is 2.52. The highest BCUT2D eigenvalue weighted by atomic mass is 16.1. The minimum Gasteiger partial charge on any atom is -0.289 e. The largest absolute Gasteiger partial charge is 0.289 e. The van der Waals surface area contributed by atoms with Crippen molar-refractivity contribution in [3.05, 3.63) is 76.9 Å². The number of ketones is 1. The van der Waals surface area contributed by atoms with Crippen molar-refractivity contribution in [3.8, 4) is 0 Å². The van der Waals surface area contributed by atoms with Gasteiger partial charge in [0.2, 0.25) is 0 Å². The topological polar surface area (TPSA) is 17.1 Å². The van der Waals surface area contributed by atoms with Gasteiger partial charge in [-0.1, -0.05) is 82.3 Å². The second-order valence-electron chi connectivity index (χ2n) is 6.62. The monoisotopic (exact) mass is 292 g/mol. The van der Waals surface area contributed by atoms with Crippen molar-refractivity contribution < 1.29 is 4.79 Å². The van der Waals surface area contributed by atoms with Crippen LogP contribution in [0.3, 0.4) is 0 Å². The maximum absolute atomic E-state index is 12.2. The maximum atomic E-state index is 12.2. The minimum absolute atomic E-state index is 0.0440. The zero-order valence-corrected chi connectivity index (χ0v) is 13.9. The van der Waals surface area contributed by atoms with E-state index in [1.165, 1.54) is 11.1 Å². The van der Waals surface area contributed by atoms with Gasteiger partial charge in [-0.05, 0) is 34.6 Å². The zero-order chi connectivity index (χ0) is 16.2. The molecule has 0 aliphatic rings. The first-order valence-corrected chi connectivity index (χ1v) is 7.82. The molecule has 0 aromatic heterocycles. The second kappa shape index (κ2) is 6.74. The number of rotatable bonds is 4. The molecule has 2 aromatic rings. The Labute approximate surface area is 133 Å². The van der Waals surface area contributed by atoms with Crippen molar-refractivity contribution in [3.63, 3.8) is 0 Å². The van der Waals surface area contributed by atoms with Gasteiger partial charge in [-0.25, -0.2) is 0 Å². The number of hydrogen-bond donors (Lipinski definition) is 0. The van der Waals surface area contributed by atoms with Crippen molar-refractivity contribution in [1.82, 2.24) is 0 Å². The summed E-state index contributed by atoms with van der Waals surface area (Å²) in [6, 6.07) is 16.2. The normalized spacial score (nSPS) is 11.8. The van der Waals surface area contributed by atoms with Gasteiger partial charge in [0.1, 0.15) is 0 Å². The van der Waals surface area contributed by atoms with Gasteiger partial charge in [0, 0.05) is 5.56 Å². The van der Waals surface area contributed by atoms with E-state index in [9.17, 15) is 4.79 Å². The summed E-state index contributed by atoms with van der Waals surface area (Å²) in [5, 5.41) is 0. The summed E-state index contributed by atoms with van der Waals surface area (Å²) in [6.45, 7) is 8.70. The van der Waals surface area contributed by atoms with Gasteiger partial charge in [-0.3, -0.25) is 4.79 Å². The van der Waals surface area contributed by atoms with Gasteiger partial charge in [-0.2, -0.15) is 0 Å². The molecular formula is C21H24O. The van der Waals surface area contributed by atoms with Gasteiger partial charge in [0.05, 0.1) is 0 Å². The van der Waals surface area contributed by atoms with E-state index in [1.54, 1.807) is 6.08 Å². The molecule has 1 heteroatoms. The Hall–Kier alpha value is -2.15. The predicted molar refractivity (Wildman–Crippen MR) is 94.3 cm³/mol. The zero-order valence-electron chi connectivity index (χ0n) is 13.9. The van der Waals surface area contributed by atoms with Crippen LogP contribution in [0, 0.1) is 0 Å². The molecule has 0 bridgehead atoms. The van der Waals surface area contributed by atoms with Crippen LogP contribution in [-0.4, -0.2) is 5.78 Å². The third-order valence-corrected chi connectivity index (χ3v) is 3.85. The van der Waals surface area contributed by atoms with E-state index < -0.39 is 0 Å². The van der Waals surface area contributed by atoms with Crippen molar-refractivity contribution in [2.45, 2.75) is 39.5 Å². The fourth-order valence-corrected chi connectivity index (χ4v) is 2.27. The molecule has 0 unspecified atom stereocenters. The van der Waals surface area contributed by atoms with Gasteiger partial charge in [0.25, 0.3) is 0 Å². The van der Waals surface area contributed by atoms with E-state index in [1.807, 2.05) is 30.3 Å². The number of allylic oxidation sites excluding steroid dienone is 1. The average molecular weight is 292 g/mol. The summed E-state index contributed by atoms with van der Waals surface area (Å²) in [4.78, 5) is 12.2. The standard InChI is InChI=1S/C21H24O/c1-5-16-6-11-18(12-7-16)20(22)15-10-17-8-13-19(14-9-17)21(2,3)4/h6-15H,5H2,1-4H3. The van der Waals surface area contributed by atoms with Crippen LogP contribution in [0.15, 0.2) is 54.6 Å². The van der Waals surface area contributed by atoms with Crippen molar-refractivity contribution >= 4 is 11.9 Å². The summed E-state index contributed by atoms with van der Waals surface area (Å²) in [5.74, 6) is 0.0440. The number of hydrogen-bond acceptors (Lipinski definition) is 1. The van der Waals surface area contributed by atoms with Crippen LogP contribution >= 0.6 is 0 Å². The summed E-state index contributed by atoms with van der Waals surface area (Å²) in [5.41, 5.74) is 4.48. The van der Waals surface area contributed by atoms with Crippen LogP contribution in [0.1, 0.15) is 54.7 Å². The molecule has 0 fully saturated rings. The highest BCUT2D eigenvalue weighted by Crippen LogP contribution is 2.22. The van der Waals surface area contributed by atoms with Crippen LogP contribution in [0.2, 0.25) is 0 Å². The summed E-state index contributed by atoms with van der Waals surface area (Å²) >= 11 is 0. The van der Waals surface area contributed by atoms with E-state index in [-0.39, 0.29) is 11.2 Å². The van der Waals surface area contributed by atoms with Crippen LogP contribution in [-0.2, 0) is 11.8 Å². The summed E-state index contributed by atoms with van der Waals surface area (Å²) < 4.78 is 0. The molecule has 0 aliphatic heterocycles. The molecule has 2 aromatic carbocycles. The molecule has 0 saturated heterocycles. The summed E-state index contributed by atoms with van der Waals surface area (Å²) in [6.07, 6.45) is 4.51. The van der Waals surface area contributed by atoms with E-state index in [0.717, 1.165) is 17.5 Å². The molecule has 22 heavy (non-hydrogen) atoms. The smallest absolute Gasteiger partial charge is 0.185 e. The van der Waals surface area contributed by atoms with Crippen molar-refractivity contribution in [1.29, 1.82) is 0 Å². The number of carbonyl (C=O) groups excluding carboxylic acids is 1. The second-order valence-corrected chi connectivity index (χ2v) is 6.62. The lowest BCUT2D eigenvalue weighted by atomic mass is 9.87. The van der Waals surface area contributed by atoms with E-state index in [4.69, 9.17) is 0 Å². The number of aryl methyl sites for hydroxylation is 1. The molecule has 0 amide bonds. The first kappa shape index (κ1) is 16.2. The molecule has 0 atom stereocenters. The Bertz CT molecular complexity index is 653. The molecule has 1 nitrogen and oxygen atoms in total. The van der Waals surface area contributed by atoms with Crippen molar-refractivity contribution in [2.75, 3.05) is 0 Å². The summed E-state index contributed by atoms with van der Waals surface area (Å²) in [7, 11) is 0.